The molecule has 0 aromatic carbocycles. The molecular formula is C24H37N5O. The van der Waals surface area contributed by atoms with Crippen LogP contribution in [0.3, 0.4) is 0 Å². The molecule has 0 spiro atoms. The zero-order valence-electron chi connectivity index (χ0n) is 18.5. The second-order valence-electron chi connectivity index (χ2n) is 10.0. The molecule has 1 aliphatic carbocycles. The van der Waals surface area contributed by atoms with E-state index in [1.165, 1.54) is 36.6 Å². The van der Waals surface area contributed by atoms with Gasteiger partial charge in [0.15, 0.2) is 0 Å². The van der Waals surface area contributed by atoms with Crippen LogP contribution < -0.4 is 10.6 Å². The molecule has 0 radical (unpaired) electrons. The van der Waals surface area contributed by atoms with Gasteiger partial charge in [-0.15, -0.1) is 0 Å². The van der Waals surface area contributed by atoms with E-state index in [1.54, 1.807) is 0 Å². The largest absolute Gasteiger partial charge is 0.393 e. The number of piperidine rings is 1. The second kappa shape index (κ2) is 8.46. The summed E-state index contributed by atoms with van der Waals surface area (Å²) in [6.07, 6.45) is 15.5. The molecule has 3 fully saturated rings. The number of nitrogens with zero attached hydrogens (tertiary/aromatic N) is 3. The SMILES string of the molecule is CCCC(C)Nc1ncc2c(C3CC4CCC(C3)N4)cn(C3CCC(O)CC3)c2n1. The van der Waals surface area contributed by atoms with Gasteiger partial charge >= 0.3 is 0 Å². The third kappa shape index (κ3) is 3.96. The number of rotatable bonds is 6. The zero-order chi connectivity index (χ0) is 20.7. The first-order valence-electron chi connectivity index (χ1n) is 12.2. The van der Waals surface area contributed by atoms with E-state index >= 15 is 0 Å². The predicted octanol–water partition coefficient (Wildman–Crippen LogP) is 4.51. The molecule has 2 aromatic rings. The van der Waals surface area contributed by atoms with Crippen molar-refractivity contribution in [3.63, 3.8) is 0 Å². The fourth-order valence-electron chi connectivity index (χ4n) is 6.10. The first-order chi connectivity index (χ1) is 14.6. The van der Waals surface area contributed by atoms with E-state index < -0.39 is 0 Å². The standard InChI is InChI=1S/C24H37N5O/c1-3-4-15(2)26-24-25-13-21-22(16-11-17-5-6-18(12-16)27-17)14-29(23(21)28-24)19-7-9-20(30)10-8-19/h13-20,27,30H,3-12H2,1-2H3,(H,25,26,28). The molecule has 3 N–H and O–H groups in total. The van der Waals surface area contributed by atoms with E-state index in [0.29, 0.717) is 30.1 Å². The van der Waals surface area contributed by atoms with Crippen LogP contribution in [0, 0.1) is 0 Å². The quantitative estimate of drug-likeness (QED) is 0.652. The summed E-state index contributed by atoms with van der Waals surface area (Å²) in [5.74, 6) is 1.35. The summed E-state index contributed by atoms with van der Waals surface area (Å²) in [4.78, 5) is 9.74. The first kappa shape index (κ1) is 20.3. The Bertz CT molecular complexity index is 860. The summed E-state index contributed by atoms with van der Waals surface area (Å²) in [5, 5.41) is 18.5. The normalized spacial score (nSPS) is 32.4. The molecule has 1 saturated carbocycles. The number of hydrogen-bond acceptors (Lipinski definition) is 5. The Hall–Kier alpha value is -1.66. The number of nitrogens with one attached hydrogen (secondary N) is 2. The third-order valence-corrected chi connectivity index (χ3v) is 7.67. The van der Waals surface area contributed by atoms with Crippen molar-refractivity contribution in [2.45, 2.75) is 114 Å². The van der Waals surface area contributed by atoms with Crippen LogP contribution in [-0.4, -0.2) is 43.9 Å². The topological polar surface area (TPSA) is 75.0 Å². The molecule has 2 saturated heterocycles. The van der Waals surface area contributed by atoms with Gasteiger partial charge in [-0.2, -0.15) is 4.98 Å². The highest BCUT2D eigenvalue weighted by molar-refractivity contribution is 5.81. The maximum atomic E-state index is 10.0. The number of hydrogen-bond donors (Lipinski definition) is 3. The molecule has 2 aromatic heterocycles. The van der Waals surface area contributed by atoms with Gasteiger partial charge < -0.3 is 20.3 Å². The van der Waals surface area contributed by atoms with Gasteiger partial charge in [-0.05, 0) is 76.2 Å². The van der Waals surface area contributed by atoms with E-state index in [0.717, 1.165) is 50.1 Å². The minimum absolute atomic E-state index is 0.135. The highest BCUT2D eigenvalue weighted by atomic mass is 16.3. The first-order valence-corrected chi connectivity index (χ1v) is 12.2. The number of aliphatic hydroxyl groups is 1. The summed E-state index contributed by atoms with van der Waals surface area (Å²) in [7, 11) is 0. The smallest absolute Gasteiger partial charge is 0.224 e. The molecule has 2 bridgehead atoms. The highest BCUT2D eigenvalue weighted by Gasteiger charge is 2.36. The fraction of sp³-hybridized carbons (Fsp3) is 0.750. The molecule has 3 unspecified atom stereocenters. The van der Waals surface area contributed by atoms with Gasteiger partial charge in [0.25, 0.3) is 0 Å². The third-order valence-electron chi connectivity index (χ3n) is 7.67. The van der Waals surface area contributed by atoms with Crippen LogP contribution in [-0.2, 0) is 0 Å². The summed E-state index contributed by atoms with van der Waals surface area (Å²) in [6, 6.07) is 2.15. The molecule has 2 aliphatic heterocycles. The van der Waals surface area contributed by atoms with Crippen LogP contribution in [0.5, 0.6) is 0 Å². The second-order valence-corrected chi connectivity index (χ2v) is 10.0. The minimum Gasteiger partial charge on any atom is -0.393 e. The lowest BCUT2D eigenvalue weighted by Gasteiger charge is -2.29. The van der Waals surface area contributed by atoms with E-state index in [4.69, 9.17) is 9.97 Å². The van der Waals surface area contributed by atoms with Gasteiger partial charge in [-0.3, -0.25) is 0 Å². The van der Waals surface area contributed by atoms with Crippen molar-refractivity contribution in [3.05, 3.63) is 18.0 Å². The van der Waals surface area contributed by atoms with Gasteiger partial charge in [0.2, 0.25) is 5.95 Å². The monoisotopic (exact) mass is 411 g/mol. The Kier molecular flexibility index (Phi) is 5.71. The van der Waals surface area contributed by atoms with E-state index in [2.05, 4.69) is 41.4 Å². The minimum atomic E-state index is -0.135. The molecule has 4 heterocycles. The molecule has 0 amide bonds. The Morgan fingerprint density at radius 1 is 1.17 bits per heavy atom. The van der Waals surface area contributed by atoms with Gasteiger partial charge in [0, 0.05) is 41.9 Å². The summed E-state index contributed by atoms with van der Waals surface area (Å²) >= 11 is 0. The van der Waals surface area contributed by atoms with Crippen LogP contribution in [0.15, 0.2) is 12.4 Å². The van der Waals surface area contributed by atoms with Gasteiger partial charge in [0.1, 0.15) is 5.65 Å². The van der Waals surface area contributed by atoms with Gasteiger partial charge in [-0.1, -0.05) is 13.3 Å². The van der Waals surface area contributed by atoms with Crippen molar-refractivity contribution in [1.29, 1.82) is 0 Å². The Morgan fingerprint density at radius 3 is 2.60 bits per heavy atom. The molecule has 3 atom stereocenters. The van der Waals surface area contributed by atoms with Crippen molar-refractivity contribution >= 4 is 17.0 Å². The Morgan fingerprint density at radius 2 is 1.90 bits per heavy atom. The average molecular weight is 412 g/mol. The zero-order valence-corrected chi connectivity index (χ0v) is 18.5. The van der Waals surface area contributed by atoms with Crippen molar-refractivity contribution in [3.8, 4) is 0 Å². The van der Waals surface area contributed by atoms with Crippen LogP contribution in [0.2, 0.25) is 0 Å². The maximum Gasteiger partial charge on any atom is 0.224 e. The number of aliphatic hydroxyl groups excluding tert-OH is 1. The Labute approximate surface area is 179 Å². The highest BCUT2D eigenvalue weighted by Crippen LogP contribution is 2.42. The number of aromatic nitrogens is 3. The van der Waals surface area contributed by atoms with Crippen molar-refractivity contribution < 1.29 is 5.11 Å². The molecule has 3 aliphatic rings. The van der Waals surface area contributed by atoms with Crippen LogP contribution >= 0.6 is 0 Å². The molecule has 6 nitrogen and oxygen atoms in total. The molecule has 6 heteroatoms. The molecule has 5 rings (SSSR count). The number of fused-ring (bicyclic) bond motifs is 3. The number of anilines is 1. The summed E-state index contributed by atoms with van der Waals surface area (Å²) in [5.41, 5.74) is 2.53. The van der Waals surface area contributed by atoms with Crippen LogP contribution in [0.4, 0.5) is 5.95 Å². The van der Waals surface area contributed by atoms with Gasteiger partial charge in [-0.25, -0.2) is 4.98 Å². The van der Waals surface area contributed by atoms with Crippen LogP contribution in [0.25, 0.3) is 11.0 Å². The average Bonchev–Trinajstić information content (AvgIpc) is 3.28. The maximum absolute atomic E-state index is 10.0. The lowest BCUT2D eigenvalue weighted by Crippen LogP contribution is -2.37. The van der Waals surface area contributed by atoms with Crippen molar-refractivity contribution in [2.75, 3.05) is 5.32 Å². The molecular weight excluding hydrogens is 374 g/mol. The molecule has 30 heavy (non-hydrogen) atoms. The predicted molar refractivity (Wildman–Crippen MR) is 121 cm³/mol. The lowest BCUT2D eigenvalue weighted by atomic mass is 9.86. The summed E-state index contributed by atoms with van der Waals surface area (Å²) in [6.45, 7) is 4.41. The molecule has 164 valence electrons. The van der Waals surface area contributed by atoms with Crippen molar-refractivity contribution in [1.82, 2.24) is 19.9 Å². The van der Waals surface area contributed by atoms with Crippen molar-refractivity contribution in [2.24, 2.45) is 0 Å². The van der Waals surface area contributed by atoms with E-state index in [-0.39, 0.29) is 6.10 Å². The van der Waals surface area contributed by atoms with E-state index in [9.17, 15) is 5.11 Å². The van der Waals surface area contributed by atoms with E-state index in [1.807, 2.05) is 0 Å². The van der Waals surface area contributed by atoms with Gasteiger partial charge in [0.05, 0.1) is 6.10 Å². The summed E-state index contributed by atoms with van der Waals surface area (Å²) < 4.78 is 2.43. The Balaban J connectivity index is 1.50. The fourth-order valence-corrected chi connectivity index (χ4v) is 6.10. The van der Waals surface area contributed by atoms with Crippen LogP contribution in [0.1, 0.15) is 95.6 Å². The lowest BCUT2D eigenvalue weighted by molar-refractivity contribution is 0.111.